The number of methoxy groups -OCH3 is 3. The molecule has 0 heterocycles. The molecule has 0 atom stereocenters. The fraction of sp³-hybridized carbons (Fsp3) is 0.429. The second kappa shape index (κ2) is 8.27. The number of carbonyl (C=O) groups is 2. The zero-order valence-electron chi connectivity index (χ0n) is 13.2. The molecule has 0 bridgehead atoms. The quantitative estimate of drug-likeness (QED) is 0.751. The minimum absolute atomic E-state index is 0.0706. The number of amides is 1. The first-order valence-electron chi connectivity index (χ1n) is 6.52. The number of hydrogen-bond donors (Lipinski definition) is 1. The molecular weight excluding hydrogens is 335 g/mol. The minimum Gasteiger partial charge on any atom is -0.496 e. The summed E-state index contributed by atoms with van der Waals surface area (Å²) in [5, 5.41) is 1.58. The summed E-state index contributed by atoms with van der Waals surface area (Å²) in [6.45, 7) is -2.38. The van der Waals surface area contributed by atoms with Crippen LogP contribution in [0.15, 0.2) is 12.1 Å². The molecule has 0 spiro atoms. The van der Waals surface area contributed by atoms with E-state index in [-0.39, 0.29) is 17.1 Å². The number of nitrogens with one attached hydrogen (secondary N) is 1. The maximum absolute atomic E-state index is 12.0. The first kappa shape index (κ1) is 19.4. The average molecular weight is 351 g/mol. The second-order valence-corrected chi connectivity index (χ2v) is 4.38. The molecular formula is C14H16F3NO6. The van der Waals surface area contributed by atoms with Gasteiger partial charge in [0.15, 0.2) is 18.1 Å². The van der Waals surface area contributed by atoms with Crippen molar-refractivity contribution in [2.75, 3.05) is 34.5 Å². The molecule has 0 saturated heterocycles. The van der Waals surface area contributed by atoms with Crippen molar-refractivity contribution < 1.29 is 41.7 Å². The summed E-state index contributed by atoms with van der Waals surface area (Å²) < 4.78 is 55.7. The summed E-state index contributed by atoms with van der Waals surface area (Å²) in [7, 11) is 4.04. The van der Waals surface area contributed by atoms with Gasteiger partial charge in [0.25, 0.3) is 5.91 Å². The van der Waals surface area contributed by atoms with Crippen LogP contribution in [0.3, 0.4) is 0 Å². The van der Waals surface area contributed by atoms with Crippen LogP contribution in [0.1, 0.15) is 10.4 Å². The van der Waals surface area contributed by atoms with Gasteiger partial charge >= 0.3 is 12.1 Å². The molecule has 0 unspecified atom stereocenters. The van der Waals surface area contributed by atoms with Crippen LogP contribution in [0.2, 0.25) is 0 Å². The van der Waals surface area contributed by atoms with Gasteiger partial charge in [-0.1, -0.05) is 0 Å². The highest BCUT2D eigenvalue weighted by Crippen LogP contribution is 2.34. The van der Waals surface area contributed by atoms with Crippen molar-refractivity contribution in [1.29, 1.82) is 0 Å². The van der Waals surface area contributed by atoms with E-state index in [1.54, 1.807) is 5.32 Å². The number of ether oxygens (including phenoxy) is 4. The smallest absolute Gasteiger partial charge is 0.405 e. The van der Waals surface area contributed by atoms with Crippen LogP contribution in [0.25, 0.3) is 0 Å². The third kappa shape index (κ3) is 5.52. The number of halogens is 3. The van der Waals surface area contributed by atoms with Crippen molar-refractivity contribution in [3.8, 4) is 17.2 Å². The van der Waals surface area contributed by atoms with Crippen molar-refractivity contribution in [3.05, 3.63) is 17.7 Å². The first-order chi connectivity index (χ1) is 11.2. The fourth-order valence-electron chi connectivity index (χ4n) is 1.65. The molecule has 0 aromatic heterocycles. The topological polar surface area (TPSA) is 83.1 Å². The molecule has 1 amide bonds. The minimum atomic E-state index is -4.55. The molecule has 0 fully saturated rings. The van der Waals surface area contributed by atoms with Gasteiger partial charge in [0.1, 0.15) is 17.9 Å². The van der Waals surface area contributed by atoms with Gasteiger partial charge in [0.2, 0.25) is 0 Å². The Morgan fingerprint density at radius 1 is 1.00 bits per heavy atom. The second-order valence-electron chi connectivity index (χ2n) is 4.38. The van der Waals surface area contributed by atoms with E-state index in [4.69, 9.17) is 14.2 Å². The number of alkyl halides is 3. The molecule has 0 saturated carbocycles. The van der Waals surface area contributed by atoms with Crippen LogP contribution in [-0.2, 0) is 9.53 Å². The van der Waals surface area contributed by atoms with Gasteiger partial charge < -0.3 is 24.3 Å². The normalized spacial score (nSPS) is 10.8. The lowest BCUT2D eigenvalue weighted by atomic mass is 10.1. The standard InChI is InChI=1S/C14H16F3NO6/c1-21-9-5-11(23-3)10(22-2)4-8(9)13(20)24-6-12(19)18-7-14(15,16)17/h4-5H,6-7H2,1-3H3,(H,18,19). The van der Waals surface area contributed by atoms with Crippen LogP contribution in [0.4, 0.5) is 13.2 Å². The van der Waals surface area contributed by atoms with Crippen LogP contribution in [-0.4, -0.2) is 52.5 Å². The number of esters is 1. The van der Waals surface area contributed by atoms with E-state index >= 15 is 0 Å². The Morgan fingerprint density at radius 2 is 1.54 bits per heavy atom. The molecule has 1 rings (SSSR count). The third-order valence-electron chi connectivity index (χ3n) is 2.75. The lowest BCUT2D eigenvalue weighted by Gasteiger charge is -2.13. The molecule has 1 N–H and O–H groups in total. The molecule has 1 aromatic rings. The molecule has 1 aromatic carbocycles. The van der Waals surface area contributed by atoms with Crippen molar-refractivity contribution in [2.24, 2.45) is 0 Å². The van der Waals surface area contributed by atoms with Gasteiger partial charge in [0, 0.05) is 12.1 Å². The SMILES string of the molecule is COc1cc(OC)c(C(=O)OCC(=O)NCC(F)(F)F)cc1OC. The van der Waals surface area contributed by atoms with E-state index in [1.165, 1.54) is 33.5 Å². The van der Waals surface area contributed by atoms with Crippen LogP contribution in [0.5, 0.6) is 17.2 Å². The Kier molecular flexibility index (Phi) is 6.69. The van der Waals surface area contributed by atoms with Crippen LogP contribution < -0.4 is 19.5 Å². The average Bonchev–Trinajstić information content (AvgIpc) is 2.55. The maximum atomic E-state index is 12.0. The molecule has 10 heteroatoms. The Labute approximate surface area is 135 Å². The predicted octanol–water partition coefficient (Wildman–Crippen LogP) is 1.55. The summed E-state index contributed by atoms with van der Waals surface area (Å²) >= 11 is 0. The molecule has 0 aliphatic heterocycles. The molecule has 0 aliphatic carbocycles. The zero-order chi connectivity index (χ0) is 18.3. The highest BCUT2D eigenvalue weighted by Gasteiger charge is 2.28. The van der Waals surface area contributed by atoms with E-state index in [9.17, 15) is 22.8 Å². The van der Waals surface area contributed by atoms with Crippen molar-refractivity contribution in [3.63, 3.8) is 0 Å². The van der Waals surface area contributed by atoms with Gasteiger partial charge in [-0.05, 0) is 0 Å². The van der Waals surface area contributed by atoms with Crippen molar-refractivity contribution >= 4 is 11.9 Å². The van der Waals surface area contributed by atoms with Crippen LogP contribution in [0, 0.1) is 0 Å². The number of hydrogen-bond acceptors (Lipinski definition) is 6. The molecule has 0 aliphatic rings. The first-order valence-corrected chi connectivity index (χ1v) is 6.52. The van der Waals surface area contributed by atoms with Crippen molar-refractivity contribution in [1.82, 2.24) is 5.32 Å². The zero-order valence-corrected chi connectivity index (χ0v) is 13.2. The highest BCUT2D eigenvalue weighted by atomic mass is 19.4. The largest absolute Gasteiger partial charge is 0.496 e. The summed E-state index contributed by atoms with van der Waals surface area (Å²) in [5.41, 5.74) is -0.0706. The monoisotopic (exact) mass is 351 g/mol. The maximum Gasteiger partial charge on any atom is 0.405 e. The Bertz CT molecular complexity index is 603. The highest BCUT2D eigenvalue weighted by molar-refractivity contribution is 5.95. The van der Waals surface area contributed by atoms with E-state index in [0.29, 0.717) is 5.75 Å². The van der Waals surface area contributed by atoms with Gasteiger partial charge in [-0.3, -0.25) is 4.79 Å². The number of rotatable bonds is 7. The summed E-state index contributed by atoms with van der Waals surface area (Å²) in [6.07, 6.45) is -4.55. The Balaban J connectivity index is 2.78. The van der Waals surface area contributed by atoms with Gasteiger partial charge in [0.05, 0.1) is 21.3 Å². The Morgan fingerprint density at radius 3 is 2.04 bits per heavy atom. The Hall–Kier alpha value is -2.65. The van der Waals surface area contributed by atoms with E-state index in [1.807, 2.05) is 0 Å². The van der Waals surface area contributed by atoms with Crippen LogP contribution >= 0.6 is 0 Å². The van der Waals surface area contributed by atoms with E-state index in [0.717, 1.165) is 0 Å². The lowest BCUT2D eigenvalue weighted by molar-refractivity contribution is -0.140. The molecule has 7 nitrogen and oxygen atoms in total. The molecule has 24 heavy (non-hydrogen) atoms. The van der Waals surface area contributed by atoms with Gasteiger partial charge in [-0.15, -0.1) is 0 Å². The summed E-state index contributed by atoms with van der Waals surface area (Å²) in [5.74, 6) is -1.44. The number of carbonyl (C=O) groups excluding carboxylic acids is 2. The summed E-state index contributed by atoms with van der Waals surface area (Å²) in [6, 6.07) is 2.65. The number of benzene rings is 1. The predicted molar refractivity (Wildman–Crippen MR) is 75.4 cm³/mol. The summed E-state index contributed by atoms with van der Waals surface area (Å²) in [4.78, 5) is 23.2. The third-order valence-corrected chi connectivity index (χ3v) is 2.75. The van der Waals surface area contributed by atoms with E-state index < -0.39 is 31.2 Å². The van der Waals surface area contributed by atoms with E-state index in [2.05, 4.69) is 4.74 Å². The van der Waals surface area contributed by atoms with Gasteiger partial charge in [-0.25, -0.2) is 4.79 Å². The molecule has 134 valence electrons. The molecule has 0 radical (unpaired) electrons. The van der Waals surface area contributed by atoms with Crippen molar-refractivity contribution in [2.45, 2.75) is 6.18 Å². The van der Waals surface area contributed by atoms with Gasteiger partial charge in [-0.2, -0.15) is 13.2 Å². The fourth-order valence-corrected chi connectivity index (χ4v) is 1.65. The lowest BCUT2D eigenvalue weighted by Crippen LogP contribution is -2.36.